The van der Waals surface area contributed by atoms with Gasteiger partial charge in [-0.1, -0.05) is 12.1 Å². The van der Waals surface area contributed by atoms with E-state index in [1.165, 1.54) is 19.0 Å². The van der Waals surface area contributed by atoms with Crippen LogP contribution in [0.3, 0.4) is 0 Å². The molecule has 0 aromatic heterocycles. The van der Waals surface area contributed by atoms with E-state index >= 15 is 0 Å². The molecule has 1 amide bonds. The number of nitriles is 1. The Bertz CT molecular complexity index is 1840. The fourth-order valence-electron chi connectivity index (χ4n) is 7.22. The first-order chi connectivity index (χ1) is 20.9. The molecular formula is C30H31N7O8. The number of nitrogens with zero attached hydrogens (tertiary/aromatic N) is 4. The standard InChI is InChI=1S/C30H31N7O8/c1-35(2)14-7-5-13(6-8-14)15-9-17(37(44)45)21(38)18-16(15)10-28(33)11-30(34)24(36(3)4)23(40)19(27(32)43)25(41)29(30,12-31)26(42)20(28)22(18)39/h5-9,24,38-39,41H,10-11,33-34H2,1-4H3,(H2,32,43)/t24?,28-,29+,30-/m1/s1. The maximum Gasteiger partial charge on any atom is 0.312 e. The molecule has 0 bridgehead atoms. The Morgan fingerprint density at radius 3 is 2.20 bits per heavy atom. The van der Waals surface area contributed by atoms with Gasteiger partial charge < -0.3 is 37.4 Å². The second-order valence-corrected chi connectivity index (χ2v) is 12.1. The zero-order valence-corrected chi connectivity index (χ0v) is 24.8. The summed E-state index contributed by atoms with van der Waals surface area (Å²) in [6.07, 6.45) is -0.911. The van der Waals surface area contributed by atoms with E-state index in [9.17, 15) is 45.1 Å². The first-order valence-corrected chi connectivity index (χ1v) is 13.6. The number of carbonyl (C=O) groups is 3. The van der Waals surface area contributed by atoms with Crippen LogP contribution < -0.4 is 22.1 Å². The van der Waals surface area contributed by atoms with Crippen molar-refractivity contribution < 1.29 is 34.6 Å². The molecule has 4 atom stereocenters. The number of aliphatic hydroxyl groups is 2. The number of primary amides is 1. The lowest BCUT2D eigenvalue weighted by Gasteiger charge is -2.58. The molecule has 2 aromatic carbocycles. The van der Waals surface area contributed by atoms with E-state index in [0.717, 1.165) is 11.8 Å². The van der Waals surface area contributed by atoms with Gasteiger partial charge in [-0.3, -0.25) is 29.4 Å². The first-order valence-electron chi connectivity index (χ1n) is 13.6. The maximum absolute atomic E-state index is 14.5. The Labute approximate surface area is 256 Å². The van der Waals surface area contributed by atoms with Crippen molar-refractivity contribution in [3.8, 4) is 22.9 Å². The van der Waals surface area contributed by atoms with Gasteiger partial charge in [0, 0.05) is 25.8 Å². The van der Waals surface area contributed by atoms with Crippen molar-refractivity contribution in [2.75, 3.05) is 33.1 Å². The van der Waals surface area contributed by atoms with Gasteiger partial charge >= 0.3 is 5.69 Å². The minimum atomic E-state index is -2.84. The van der Waals surface area contributed by atoms with E-state index in [2.05, 4.69) is 0 Å². The quantitative estimate of drug-likeness (QED) is 0.152. The van der Waals surface area contributed by atoms with Gasteiger partial charge in [-0.15, -0.1) is 0 Å². The van der Waals surface area contributed by atoms with Crippen molar-refractivity contribution in [1.29, 1.82) is 5.26 Å². The third kappa shape index (κ3) is 3.89. The number of anilines is 1. The largest absolute Gasteiger partial charge is 0.509 e. The summed E-state index contributed by atoms with van der Waals surface area (Å²) >= 11 is 0. The van der Waals surface area contributed by atoms with Crippen molar-refractivity contribution >= 4 is 34.6 Å². The predicted octanol–water partition coefficient (Wildman–Crippen LogP) is 0.547. The van der Waals surface area contributed by atoms with Crippen LogP contribution in [-0.2, 0) is 20.8 Å². The third-order valence-electron chi connectivity index (χ3n) is 9.12. The second kappa shape index (κ2) is 9.86. The topological polar surface area (TPSA) is 263 Å². The average Bonchev–Trinajstić information content (AvgIpc) is 2.92. The molecule has 15 nitrogen and oxygen atoms in total. The summed E-state index contributed by atoms with van der Waals surface area (Å²) in [7, 11) is 6.48. The smallest absolute Gasteiger partial charge is 0.312 e. The zero-order chi connectivity index (χ0) is 33.5. The number of phenolic OH excluding ortho intramolecular Hbond substituents is 1. The Hall–Kier alpha value is -5.30. The molecule has 9 N–H and O–H groups in total. The number of phenols is 1. The molecule has 0 heterocycles. The van der Waals surface area contributed by atoms with Crippen molar-refractivity contribution in [3.05, 3.63) is 68.5 Å². The molecule has 45 heavy (non-hydrogen) atoms. The highest BCUT2D eigenvalue weighted by Gasteiger charge is 2.74. The number of amides is 1. The van der Waals surface area contributed by atoms with E-state index < -0.39 is 91.0 Å². The van der Waals surface area contributed by atoms with Crippen LogP contribution in [0.2, 0.25) is 0 Å². The maximum atomic E-state index is 14.5. The molecule has 0 spiro atoms. The number of nitro benzene ring substituents is 1. The molecule has 234 valence electrons. The first kappa shape index (κ1) is 31.1. The lowest BCUT2D eigenvalue weighted by atomic mass is 9.47. The third-order valence-corrected chi connectivity index (χ3v) is 9.12. The molecule has 2 aromatic rings. The lowest BCUT2D eigenvalue weighted by molar-refractivity contribution is -0.385. The number of nitro groups is 1. The van der Waals surface area contributed by atoms with Crippen LogP contribution >= 0.6 is 0 Å². The molecule has 1 saturated carbocycles. The van der Waals surface area contributed by atoms with Gasteiger partial charge in [0.15, 0.2) is 17.0 Å². The van der Waals surface area contributed by atoms with Crippen molar-refractivity contribution in [3.63, 3.8) is 0 Å². The highest BCUT2D eigenvalue weighted by molar-refractivity contribution is 6.25. The number of carbonyl (C=O) groups excluding carboxylic acids is 3. The predicted molar refractivity (Wildman–Crippen MR) is 161 cm³/mol. The van der Waals surface area contributed by atoms with Gasteiger partial charge in [0.25, 0.3) is 5.91 Å². The monoisotopic (exact) mass is 617 g/mol. The van der Waals surface area contributed by atoms with E-state index in [4.69, 9.17) is 17.2 Å². The number of aromatic hydroxyl groups is 1. The highest BCUT2D eigenvalue weighted by atomic mass is 16.6. The summed E-state index contributed by atoms with van der Waals surface area (Å²) in [5.74, 6) is -7.00. The number of Topliss-reactive ketones (excluding diaryl/α,β-unsaturated/α-hetero) is 2. The molecule has 1 unspecified atom stereocenters. The Morgan fingerprint density at radius 2 is 1.71 bits per heavy atom. The molecule has 1 fully saturated rings. The van der Waals surface area contributed by atoms with Crippen LogP contribution in [0, 0.1) is 26.9 Å². The fraction of sp³-hybridized carbons (Fsp3) is 0.333. The second-order valence-electron chi connectivity index (χ2n) is 12.1. The summed E-state index contributed by atoms with van der Waals surface area (Å²) < 4.78 is 0. The minimum Gasteiger partial charge on any atom is -0.509 e. The average molecular weight is 618 g/mol. The lowest BCUT2D eigenvalue weighted by Crippen LogP contribution is -2.80. The zero-order valence-electron chi connectivity index (χ0n) is 24.8. The van der Waals surface area contributed by atoms with Crippen molar-refractivity contribution in [1.82, 2.24) is 4.90 Å². The molecule has 5 rings (SSSR count). The number of aliphatic hydroxyl groups excluding tert-OH is 2. The number of benzene rings is 2. The number of rotatable bonds is 5. The van der Waals surface area contributed by atoms with Crippen LogP contribution in [-0.4, -0.2) is 87.9 Å². The number of nitrogens with two attached hydrogens (primary N) is 3. The molecule has 0 saturated heterocycles. The number of hydrogen-bond acceptors (Lipinski definition) is 13. The number of ketones is 2. The van der Waals surface area contributed by atoms with Gasteiger partial charge in [-0.2, -0.15) is 5.26 Å². The molecule has 3 aliphatic carbocycles. The SMILES string of the molecule is CN(C)c1ccc(-c2cc([N+](=O)[O-])c(O)c3c2C[C@@]2(N)C[C@@]4(N)C(N(C)C)C(=O)C(C(N)=O)=C(O)[C@@]4(C#N)C(=O)C2=C3O)cc1. The minimum absolute atomic E-state index is 0.140. The van der Waals surface area contributed by atoms with E-state index in [1.54, 1.807) is 30.3 Å². The van der Waals surface area contributed by atoms with Crippen LogP contribution in [0.5, 0.6) is 5.75 Å². The summed E-state index contributed by atoms with van der Waals surface area (Å²) in [5, 5.41) is 56.7. The van der Waals surface area contributed by atoms with Crippen LogP contribution in [0.1, 0.15) is 17.5 Å². The van der Waals surface area contributed by atoms with Crippen LogP contribution in [0.15, 0.2) is 47.2 Å². The molecule has 0 radical (unpaired) electrons. The van der Waals surface area contributed by atoms with Crippen molar-refractivity contribution in [2.24, 2.45) is 22.6 Å². The molecular weight excluding hydrogens is 586 g/mol. The Balaban J connectivity index is 1.88. The van der Waals surface area contributed by atoms with Gasteiger partial charge in [-0.25, -0.2) is 0 Å². The molecule has 15 heteroatoms. The van der Waals surface area contributed by atoms with Crippen LogP contribution in [0.25, 0.3) is 16.9 Å². The summed E-state index contributed by atoms with van der Waals surface area (Å²) in [5.41, 5.74) is 10.8. The van der Waals surface area contributed by atoms with Gasteiger partial charge in [0.05, 0.1) is 39.2 Å². The van der Waals surface area contributed by atoms with Gasteiger partial charge in [-0.05, 0) is 55.8 Å². The molecule has 3 aliphatic rings. The highest BCUT2D eigenvalue weighted by Crippen LogP contribution is 2.59. The molecule has 0 aliphatic heterocycles. The van der Waals surface area contributed by atoms with Crippen molar-refractivity contribution in [2.45, 2.75) is 30.0 Å². The van der Waals surface area contributed by atoms with Crippen LogP contribution in [0.4, 0.5) is 11.4 Å². The van der Waals surface area contributed by atoms with E-state index in [-0.39, 0.29) is 17.5 Å². The van der Waals surface area contributed by atoms with E-state index in [0.29, 0.717) is 5.56 Å². The summed E-state index contributed by atoms with van der Waals surface area (Å²) in [4.78, 5) is 54.7. The summed E-state index contributed by atoms with van der Waals surface area (Å²) in [6, 6.07) is 8.13. The van der Waals surface area contributed by atoms with E-state index in [1.807, 2.05) is 19.0 Å². The number of likely N-dealkylation sites (N-methyl/N-ethyl adjacent to an activating group) is 1. The number of hydrogen-bond donors (Lipinski definition) is 6. The van der Waals surface area contributed by atoms with Gasteiger partial charge in [0.2, 0.25) is 5.75 Å². The Morgan fingerprint density at radius 1 is 1.11 bits per heavy atom. The normalized spacial score (nSPS) is 27.5. The fourth-order valence-corrected chi connectivity index (χ4v) is 7.22. The number of fused-ring (bicyclic) bond motifs is 3. The van der Waals surface area contributed by atoms with Gasteiger partial charge in [0.1, 0.15) is 17.1 Å². The Kier molecular flexibility index (Phi) is 6.82. The summed E-state index contributed by atoms with van der Waals surface area (Å²) in [6.45, 7) is 0.